The largest absolute Gasteiger partial charge is 0.487 e. The summed E-state index contributed by atoms with van der Waals surface area (Å²) in [6.07, 6.45) is 6.21. The lowest BCUT2D eigenvalue weighted by Gasteiger charge is -2.13. The maximum Gasteiger partial charge on any atom is 0.487 e. The van der Waals surface area contributed by atoms with Crippen LogP contribution in [0.2, 0.25) is 0 Å². The molecule has 2 aromatic heterocycles. The van der Waals surface area contributed by atoms with E-state index in [-0.39, 0.29) is 5.75 Å². The second-order valence-corrected chi connectivity index (χ2v) is 7.53. The van der Waals surface area contributed by atoms with Crippen molar-refractivity contribution in [1.29, 1.82) is 0 Å². The quantitative estimate of drug-likeness (QED) is 0.356. The van der Waals surface area contributed by atoms with Crippen molar-refractivity contribution in [3.63, 3.8) is 0 Å². The summed E-state index contributed by atoms with van der Waals surface area (Å²) in [5.41, 5.74) is 0.944. The fraction of sp³-hybridized carbons (Fsp3) is 0.0833. The highest BCUT2D eigenvalue weighted by molar-refractivity contribution is 6.20. The van der Waals surface area contributed by atoms with Crippen molar-refractivity contribution in [1.82, 2.24) is 15.0 Å². The Labute approximate surface area is 193 Å². The number of hydrogen-bond donors (Lipinski definition) is 1. The molecule has 0 unspecified atom stereocenters. The number of aromatic nitrogens is 3. The predicted molar refractivity (Wildman–Crippen MR) is 121 cm³/mol. The highest BCUT2D eigenvalue weighted by Gasteiger charge is 2.27. The van der Waals surface area contributed by atoms with Crippen molar-refractivity contribution in [2.75, 3.05) is 5.32 Å². The van der Waals surface area contributed by atoms with E-state index in [9.17, 15) is 13.6 Å². The van der Waals surface area contributed by atoms with Crippen LogP contribution in [-0.4, -0.2) is 26.4 Å². The van der Waals surface area contributed by atoms with E-state index < -0.39 is 11.5 Å². The van der Waals surface area contributed by atoms with E-state index in [0.717, 1.165) is 11.1 Å². The van der Waals surface area contributed by atoms with E-state index in [1.165, 1.54) is 36.8 Å². The number of rotatable bonds is 6. The van der Waals surface area contributed by atoms with Gasteiger partial charge in [-0.25, -0.2) is 9.97 Å². The number of pyridine rings is 1. The SMILES string of the molecule is Cc1ccccc1-c1ncc(C(=O)Nc2ccc(OC(F)(F)Cl)cc2)cc1-c1cncnc1. The molecule has 0 aliphatic heterocycles. The minimum absolute atomic E-state index is 0.136. The normalized spacial score (nSPS) is 11.2. The summed E-state index contributed by atoms with van der Waals surface area (Å²) in [4.78, 5) is 25.6. The van der Waals surface area contributed by atoms with Gasteiger partial charge in [0.15, 0.2) is 0 Å². The molecule has 6 nitrogen and oxygen atoms in total. The molecule has 33 heavy (non-hydrogen) atoms. The zero-order valence-electron chi connectivity index (χ0n) is 17.3. The number of nitrogens with zero attached hydrogens (tertiary/aromatic N) is 3. The predicted octanol–water partition coefficient (Wildman–Crippen LogP) is 5.93. The van der Waals surface area contributed by atoms with E-state index in [1.807, 2.05) is 31.2 Å². The van der Waals surface area contributed by atoms with Gasteiger partial charge in [0, 0.05) is 52.6 Å². The van der Waals surface area contributed by atoms with E-state index in [2.05, 4.69) is 25.0 Å². The second-order valence-electron chi connectivity index (χ2n) is 7.09. The third-order valence-electron chi connectivity index (χ3n) is 4.77. The molecule has 0 aliphatic carbocycles. The maximum atomic E-state index is 12.9. The molecule has 4 rings (SSSR count). The molecule has 9 heteroatoms. The minimum Gasteiger partial charge on any atom is -0.420 e. The van der Waals surface area contributed by atoms with Crippen LogP contribution in [0, 0.1) is 6.92 Å². The Morgan fingerprint density at radius 1 is 1.00 bits per heavy atom. The Morgan fingerprint density at radius 2 is 1.70 bits per heavy atom. The lowest BCUT2D eigenvalue weighted by atomic mass is 9.97. The molecule has 0 radical (unpaired) electrons. The summed E-state index contributed by atoms with van der Waals surface area (Å²) in [6, 6.07) is 14.9. The van der Waals surface area contributed by atoms with Gasteiger partial charge in [-0.1, -0.05) is 24.3 Å². The average molecular weight is 467 g/mol. The summed E-state index contributed by atoms with van der Waals surface area (Å²) >= 11 is 4.76. The first kappa shape index (κ1) is 22.3. The van der Waals surface area contributed by atoms with Crippen molar-refractivity contribution < 1.29 is 18.3 Å². The number of benzene rings is 2. The number of alkyl halides is 3. The second kappa shape index (κ2) is 9.30. The van der Waals surface area contributed by atoms with Crippen molar-refractivity contribution >= 4 is 23.2 Å². The maximum absolute atomic E-state index is 12.9. The van der Waals surface area contributed by atoms with Crippen LogP contribution < -0.4 is 10.1 Å². The number of halogens is 3. The molecular weight excluding hydrogens is 450 g/mol. The van der Waals surface area contributed by atoms with Gasteiger partial charge in [-0.05, 0) is 42.8 Å². The fourth-order valence-corrected chi connectivity index (χ4v) is 3.33. The third kappa shape index (κ3) is 5.48. The number of aryl methyl sites for hydroxylation is 1. The Morgan fingerprint density at radius 3 is 2.36 bits per heavy atom. The molecule has 1 amide bonds. The van der Waals surface area contributed by atoms with Crippen LogP contribution in [0.4, 0.5) is 14.5 Å². The van der Waals surface area contributed by atoms with Gasteiger partial charge >= 0.3 is 5.57 Å². The van der Waals surface area contributed by atoms with Gasteiger partial charge in [-0.3, -0.25) is 9.78 Å². The van der Waals surface area contributed by atoms with Crippen molar-refractivity contribution in [2.24, 2.45) is 0 Å². The van der Waals surface area contributed by atoms with Gasteiger partial charge in [0.2, 0.25) is 0 Å². The fourth-order valence-electron chi connectivity index (χ4n) is 3.24. The first-order chi connectivity index (χ1) is 15.8. The molecule has 1 N–H and O–H groups in total. The zero-order chi connectivity index (χ0) is 23.4. The topological polar surface area (TPSA) is 77.0 Å². The molecule has 0 atom stereocenters. The molecule has 0 aliphatic rings. The molecule has 0 bridgehead atoms. The molecule has 0 saturated carbocycles. The molecular formula is C24H17ClF2N4O2. The van der Waals surface area contributed by atoms with Gasteiger partial charge in [0.1, 0.15) is 12.1 Å². The van der Waals surface area contributed by atoms with Crippen LogP contribution in [0.15, 0.2) is 79.5 Å². The van der Waals surface area contributed by atoms with Gasteiger partial charge < -0.3 is 10.1 Å². The number of nitrogens with one attached hydrogen (secondary N) is 1. The van der Waals surface area contributed by atoms with E-state index >= 15 is 0 Å². The monoisotopic (exact) mass is 466 g/mol. The Balaban J connectivity index is 1.65. The number of hydrogen-bond acceptors (Lipinski definition) is 5. The third-order valence-corrected chi connectivity index (χ3v) is 4.84. The van der Waals surface area contributed by atoms with Crippen LogP contribution in [0.1, 0.15) is 15.9 Å². The van der Waals surface area contributed by atoms with Gasteiger partial charge in [0.25, 0.3) is 5.91 Å². The molecule has 2 heterocycles. The van der Waals surface area contributed by atoms with Crippen LogP contribution >= 0.6 is 11.6 Å². The Hall–Kier alpha value is -3.91. The summed E-state index contributed by atoms with van der Waals surface area (Å²) in [5.74, 6) is -0.558. The molecule has 2 aromatic carbocycles. The van der Waals surface area contributed by atoms with Gasteiger partial charge in [-0.2, -0.15) is 0 Å². The van der Waals surface area contributed by atoms with Crippen molar-refractivity contribution in [2.45, 2.75) is 12.5 Å². The number of anilines is 1. The van der Waals surface area contributed by atoms with Crippen LogP contribution in [0.3, 0.4) is 0 Å². The highest BCUT2D eigenvalue weighted by Crippen LogP contribution is 2.32. The van der Waals surface area contributed by atoms with Gasteiger partial charge in [-0.15, -0.1) is 8.78 Å². The van der Waals surface area contributed by atoms with Crippen molar-refractivity contribution in [3.05, 3.63) is 90.6 Å². The number of amides is 1. The summed E-state index contributed by atoms with van der Waals surface area (Å²) < 4.78 is 29.8. The molecule has 166 valence electrons. The van der Waals surface area contributed by atoms with Crippen LogP contribution in [0.25, 0.3) is 22.4 Å². The van der Waals surface area contributed by atoms with Crippen molar-refractivity contribution in [3.8, 4) is 28.1 Å². The summed E-state index contributed by atoms with van der Waals surface area (Å²) in [7, 11) is 0. The molecule has 0 fully saturated rings. The molecule has 0 saturated heterocycles. The number of carbonyl (C=O) groups excluding carboxylic acids is 1. The van der Waals surface area contributed by atoms with Gasteiger partial charge in [0.05, 0.1) is 11.3 Å². The minimum atomic E-state index is -3.81. The number of carbonyl (C=O) groups is 1. The standard InChI is InChI=1S/C24H17ClF2N4O2/c1-15-4-2-3-5-20(15)22-21(17-11-28-14-29-12-17)10-16(13-30-22)23(32)31-18-6-8-19(9-7-18)33-24(25,26)27/h2-14H,1H3,(H,31,32). The first-order valence-electron chi connectivity index (χ1n) is 9.79. The highest BCUT2D eigenvalue weighted by atomic mass is 35.5. The Bertz CT molecular complexity index is 1280. The lowest BCUT2D eigenvalue weighted by Crippen LogP contribution is -2.16. The number of ether oxygens (including phenoxy) is 1. The summed E-state index contributed by atoms with van der Waals surface area (Å²) in [6.45, 7) is 1.98. The zero-order valence-corrected chi connectivity index (χ0v) is 18.1. The molecule has 0 spiro atoms. The molecule has 4 aromatic rings. The average Bonchev–Trinajstić information content (AvgIpc) is 2.80. The van der Waals surface area contributed by atoms with E-state index in [0.29, 0.717) is 28.1 Å². The smallest absolute Gasteiger partial charge is 0.420 e. The van der Waals surface area contributed by atoms with Crippen LogP contribution in [-0.2, 0) is 0 Å². The van der Waals surface area contributed by atoms with Crippen LogP contribution in [0.5, 0.6) is 5.75 Å². The summed E-state index contributed by atoms with van der Waals surface area (Å²) in [5, 5.41) is 2.71. The van der Waals surface area contributed by atoms with E-state index in [1.54, 1.807) is 18.5 Å². The first-order valence-corrected chi connectivity index (χ1v) is 10.2. The Kier molecular flexibility index (Phi) is 6.28. The lowest BCUT2D eigenvalue weighted by molar-refractivity contribution is -0.0964. The van der Waals surface area contributed by atoms with E-state index in [4.69, 9.17) is 11.6 Å².